The normalized spacial score (nSPS) is 12.4. The van der Waals surface area contributed by atoms with Crippen molar-refractivity contribution in [3.63, 3.8) is 0 Å². The number of carbonyl (C=O) groups excluding carboxylic acids is 2. The Labute approximate surface area is 82.6 Å². The first-order valence-electron chi connectivity index (χ1n) is 4.25. The van der Waals surface area contributed by atoms with E-state index in [0.29, 0.717) is 0 Å². The molecular formula is C9H15NO4. The molecule has 0 atom stereocenters. The molecule has 0 aromatic carbocycles. The summed E-state index contributed by atoms with van der Waals surface area (Å²) in [5.74, 6) is -0.960. The van der Waals surface area contributed by atoms with E-state index in [2.05, 4.69) is 0 Å². The van der Waals surface area contributed by atoms with Gasteiger partial charge in [0.05, 0.1) is 0 Å². The van der Waals surface area contributed by atoms with Crippen LogP contribution in [0.5, 0.6) is 0 Å². The van der Waals surface area contributed by atoms with Gasteiger partial charge in [0, 0.05) is 18.8 Å². The summed E-state index contributed by atoms with van der Waals surface area (Å²) in [5.41, 5.74) is -3.14. The Morgan fingerprint density at radius 2 is 1.36 bits per heavy atom. The van der Waals surface area contributed by atoms with Crippen LogP contribution < -0.4 is 0 Å². The topological polar surface area (TPSA) is 77.3 Å². The van der Waals surface area contributed by atoms with Gasteiger partial charge in [0.2, 0.25) is 5.54 Å². The smallest absolute Gasteiger partial charge is 0.235 e. The van der Waals surface area contributed by atoms with Crippen LogP contribution in [0.25, 0.3) is 0 Å². The maximum atomic E-state index is 11.3. The lowest BCUT2D eigenvalue weighted by Gasteiger charge is -2.32. The van der Waals surface area contributed by atoms with Crippen molar-refractivity contribution in [2.45, 2.75) is 40.2 Å². The largest absolute Gasteiger partial charge is 0.299 e. The lowest BCUT2D eigenvalue weighted by atomic mass is 9.68. The number of nitro groups is 1. The molecule has 0 rings (SSSR count). The van der Waals surface area contributed by atoms with Crippen LogP contribution in [-0.4, -0.2) is 22.0 Å². The number of Topliss-reactive ketones (excluding diaryl/α,β-unsaturated/α-hetero) is 2. The predicted molar refractivity (Wildman–Crippen MR) is 50.5 cm³/mol. The van der Waals surface area contributed by atoms with Crippen molar-refractivity contribution < 1.29 is 14.5 Å². The third-order valence-corrected chi connectivity index (χ3v) is 3.09. The van der Waals surface area contributed by atoms with Crippen molar-refractivity contribution in [1.29, 1.82) is 0 Å². The van der Waals surface area contributed by atoms with E-state index in [1.807, 2.05) is 0 Å². The van der Waals surface area contributed by atoms with Crippen LogP contribution in [0.2, 0.25) is 0 Å². The molecule has 0 unspecified atom stereocenters. The fourth-order valence-corrected chi connectivity index (χ4v) is 1.29. The molecule has 0 aromatic rings. The highest BCUT2D eigenvalue weighted by Gasteiger charge is 2.57. The molecule has 0 saturated carbocycles. The number of nitrogens with zero attached hydrogens (tertiary/aromatic N) is 1. The molecule has 0 fully saturated rings. The molecule has 0 N–H and O–H groups in total. The first-order chi connectivity index (χ1) is 6.08. The lowest BCUT2D eigenvalue weighted by molar-refractivity contribution is -0.573. The summed E-state index contributed by atoms with van der Waals surface area (Å²) in [5, 5.41) is 10.8. The van der Waals surface area contributed by atoms with E-state index in [0.717, 1.165) is 0 Å². The van der Waals surface area contributed by atoms with E-state index in [1.54, 1.807) is 0 Å². The Kier molecular flexibility index (Phi) is 3.16. The van der Waals surface area contributed by atoms with E-state index >= 15 is 0 Å². The minimum atomic E-state index is -1.58. The van der Waals surface area contributed by atoms with Gasteiger partial charge in [-0.2, -0.15) is 0 Å². The quantitative estimate of drug-likeness (QED) is 0.389. The molecule has 0 bridgehead atoms. The van der Waals surface area contributed by atoms with Gasteiger partial charge in [-0.05, 0) is 20.8 Å². The van der Waals surface area contributed by atoms with Crippen LogP contribution in [0.1, 0.15) is 34.6 Å². The Hall–Kier alpha value is -1.26. The van der Waals surface area contributed by atoms with Gasteiger partial charge >= 0.3 is 0 Å². The van der Waals surface area contributed by atoms with Gasteiger partial charge in [-0.25, -0.2) is 0 Å². The van der Waals surface area contributed by atoms with Crippen LogP contribution >= 0.6 is 0 Å². The molecule has 14 heavy (non-hydrogen) atoms. The van der Waals surface area contributed by atoms with Crippen LogP contribution in [0.4, 0.5) is 0 Å². The highest BCUT2D eigenvalue weighted by atomic mass is 16.6. The zero-order valence-corrected chi connectivity index (χ0v) is 9.08. The van der Waals surface area contributed by atoms with Gasteiger partial charge in [0.25, 0.3) is 0 Å². The molecular weight excluding hydrogens is 186 g/mol. The number of hydrogen-bond acceptors (Lipinski definition) is 4. The number of hydrogen-bond donors (Lipinski definition) is 0. The van der Waals surface area contributed by atoms with E-state index in [9.17, 15) is 19.7 Å². The minimum absolute atomic E-state index is 0.480. The summed E-state index contributed by atoms with van der Waals surface area (Å²) in [6, 6.07) is 0. The molecule has 0 aromatic heterocycles. The molecule has 0 radical (unpaired) electrons. The molecule has 0 saturated heterocycles. The summed E-state index contributed by atoms with van der Waals surface area (Å²) in [7, 11) is 0. The van der Waals surface area contributed by atoms with Crippen molar-refractivity contribution in [3.05, 3.63) is 10.1 Å². The fraction of sp³-hybridized carbons (Fsp3) is 0.778. The van der Waals surface area contributed by atoms with E-state index in [1.165, 1.54) is 34.6 Å². The average molecular weight is 201 g/mol. The third-order valence-electron chi connectivity index (χ3n) is 3.09. The van der Waals surface area contributed by atoms with E-state index < -0.39 is 27.4 Å². The van der Waals surface area contributed by atoms with Gasteiger partial charge in [-0.1, -0.05) is 0 Å². The Balaban J connectivity index is 5.55. The third kappa shape index (κ3) is 1.54. The van der Waals surface area contributed by atoms with Crippen LogP contribution in [0.3, 0.4) is 0 Å². The van der Waals surface area contributed by atoms with Crippen molar-refractivity contribution in [3.8, 4) is 0 Å². The van der Waals surface area contributed by atoms with Crippen molar-refractivity contribution in [1.82, 2.24) is 0 Å². The number of carbonyl (C=O) groups is 2. The van der Waals surface area contributed by atoms with Gasteiger partial charge in [-0.3, -0.25) is 19.7 Å². The zero-order chi connectivity index (χ0) is 11.7. The Morgan fingerprint density at radius 1 is 1.07 bits per heavy atom. The summed E-state index contributed by atoms with van der Waals surface area (Å²) >= 11 is 0. The van der Waals surface area contributed by atoms with E-state index in [4.69, 9.17) is 0 Å². The molecule has 0 heterocycles. The molecule has 5 heteroatoms. The van der Waals surface area contributed by atoms with Gasteiger partial charge in [-0.15, -0.1) is 0 Å². The predicted octanol–water partition coefficient (Wildman–Crippen LogP) is 1.23. The molecule has 0 aliphatic carbocycles. The summed E-state index contributed by atoms with van der Waals surface area (Å²) < 4.78 is 0. The molecule has 5 nitrogen and oxygen atoms in total. The highest BCUT2D eigenvalue weighted by Crippen LogP contribution is 2.35. The summed E-state index contributed by atoms with van der Waals surface area (Å²) in [4.78, 5) is 32.9. The summed E-state index contributed by atoms with van der Waals surface area (Å²) in [6.45, 7) is 6.30. The number of rotatable bonds is 4. The second-order valence-electron chi connectivity index (χ2n) is 4.05. The van der Waals surface area contributed by atoms with Crippen LogP contribution in [0.15, 0.2) is 0 Å². The van der Waals surface area contributed by atoms with Gasteiger partial charge in [0.1, 0.15) is 11.6 Å². The highest BCUT2D eigenvalue weighted by molar-refractivity contribution is 6.05. The fourth-order valence-electron chi connectivity index (χ4n) is 1.29. The Bertz CT molecular complexity index is 279. The van der Waals surface area contributed by atoms with Crippen LogP contribution in [0, 0.1) is 15.5 Å². The number of ketones is 2. The lowest BCUT2D eigenvalue weighted by Crippen LogP contribution is -2.55. The molecule has 0 aliphatic heterocycles. The zero-order valence-electron chi connectivity index (χ0n) is 9.08. The van der Waals surface area contributed by atoms with Crippen molar-refractivity contribution in [2.24, 2.45) is 5.41 Å². The molecule has 80 valence electrons. The SMILES string of the molecule is CC(=O)C(C)(C(C)=O)C(C)(C)[N+](=O)[O-]. The van der Waals surface area contributed by atoms with Crippen LogP contribution in [-0.2, 0) is 9.59 Å². The standard InChI is InChI=1S/C9H15NO4/c1-6(11)9(5,7(2)12)8(3,4)10(13)14/h1-5H3. The minimum Gasteiger partial charge on any atom is -0.299 e. The monoisotopic (exact) mass is 201 g/mol. The first kappa shape index (κ1) is 12.7. The maximum Gasteiger partial charge on any atom is 0.235 e. The summed E-state index contributed by atoms with van der Waals surface area (Å²) in [6.07, 6.45) is 0. The molecule has 0 amide bonds. The maximum absolute atomic E-state index is 11.3. The van der Waals surface area contributed by atoms with Crippen molar-refractivity contribution >= 4 is 11.6 Å². The average Bonchev–Trinajstić information content (AvgIpc) is 2.01. The Morgan fingerprint density at radius 3 is 1.43 bits per heavy atom. The molecule has 0 spiro atoms. The van der Waals surface area contributed by atoms with Gasteiger partial charge < -0.3 is 0 Å². The van der Waals surface area contributed by atoms with E-state index in [-0.39, 0.29) is 0 Å². The van der Waals surface area contributed by atoms with Gasteiger partial charge in [0.15, 0.2) is 5.41 Å². The van der Waals surface area contributed by atoms with Crippen molar-refractivity contribution in [2.75, 3.05) is 0 Å². The second kappa shape index (κ2) is 3.48. The first-order valence-corrected chi connectivity index (χ1v) is 4.25. The molecule has 0 aliphatic rings. The second-order valence-corrected chi connectivity index (χ2v) is 4.05.